The van der Waals surface area contributed by atoms with E-state index < -0.39 is 5.54 Å². The van der Waals surface area contributed by atoms with E-state index in [0.717, 1.165) is 25.7 Å². The highest BCUT2D eigenvalue weighted by Gasteiger charge is 2.49. The Hall–Kier alpha value is 0.0600. The molecule has 0 aromatic rings. The summed E-state index contributed by atoms with van der Waals surface area (Å²) in [5.74, 6) is -0.0570. The minimum absolute atomic E-state index is 0. The molecule has 1 aliphatic rings. The van der Waals surface area contributed by atoms with E-state index in [9.17, 15) is 9.59 Å². The highest BCUT2D eigenvalue weighted by Crippen LogP contribution is 2.22. The van der Waals surface area contributed by atoms with Gasteiger partial charge in [-0.2, -0.15) is 0 Å². The van der Waals surface area contributed by atoms with Crippen LogP contribution in [-0.2, 0) is 4.79 Å². The molecule has 4 nitrogen and oxygen atoms in total. The van der Waals surface area contributed by atoms with Crippen molar-refractivity contribution in [2.75, 3.05) is 0 Å². The number of nitrogens with one attached hydrogen (secondary N) is 1. The molecule has 0 spiro atoms. The number of halogens is 2. The van der Waals surface area contributed by atoms with Crippen LogP contribution in [0.5, 0.6) is 0 Å². The lowest BCUT2D eigenvalue weighted by atomic mass is 9.86. The molecule has 1 rings (SSSR count). The lowest BCUT2D eigenvalue weighted by Gasteiger charge is -2.21. The molecule has 1 fully saturated rings. The van der Waals surface area contributed by atoms with Crippen molar-refractivity contribution in [3.05, 3.63) is 0 Å². The van der Waals surface area contributed by atoms with E-state index in [4.69, 9.17) is 0 Å². The largest absolute Gasteiger partial charge is 1.00 e. The summed E-state index contributed by atoms with van der Waals surface area (Å²) in [5, 5.41) is 4.14. The van der Waals surface area contributed by atoms with Gasteiger partial charge in [-0.3, -0.25) is 4.79 Å². The minimum Gasteiger partial charge on any atom is -1.00 e. The number of rotatable bonds is 12. The van der Waals surface area contributed by atoms with Crippen LogP contribution in [0.3, 0.4) is 0 Å². The van der Waals surface area contributed by atoms with Crippen LogP contribution in [0.25, 0.3) is 0 Å². The lowest BCUT2D eigenvalue weighted by Crippen LogP contribution is -3.00. The average molecular weight is 457 g/mol. The van der Waals surface area contributed by atoms with Gasteiger partial charge in [0, 0.05) is 12.8 Å². The van der Waals surface area contributed by atoms with Gasteiger partial charge in [0.05, 0.1) is 0 Å². The number of carbonyl (C=O) groups is 2. The van der Waals surface area contributed by atoms with E-state index in [1.54, 1.807) is 5.32 Å². The lowest BCUT2D eigenvalue weighted by molar-refractivity contribution is -0.614. The van der Waals surface area contributed by atoms with Crippen molar-refractivity contribution < 1.29 is 48.9 Å². The molecule has 138 valence electrons. The second kappa shape index (κ2) is 14.4. The number of amides is 3. The number of quaternary nitrogens is 1. The predicted molar refractivity (Wildman–Crippen MR) is 84.9 cm³/mol. The van der Waals surface area contributed by atoms with Gasteiger partial charge in [0.15, 0.2) is 5.54 Å². The first-order valence-electron chi connectivity index (χ1n) is 8.86. The Morgan fingerprint density at radius 3 is 1.57 bits per heavy atom. The molecular formula is C17H33Br2N2O2-. The molecule has 3 N–H and O–H groups in total. The SMILES string of the molecule is CCCCCCCC1(CCCCCCC)[NH2+]C(=O)NC1=O.[Br-].[Br-]. The maximum Gasteiger partial charge on any atom is 0.420 e. The van der Waals surface area contributed by atoms with E-state index in [1.165, 1.54) is 51.4 Å². The van der Waals surface area contributed by atoms with Crippen molar-refractivity contribution in [2.45, 2.75) is 96.4 Å². The number of urea groups is 1. The van der Waals surface area contributed by atoms with Crippen LogP contribution in [0.15, 0.2) is 0 Å². The summed E-state index contributed by atoms with van der Waals surface area (Å²) in [6.07, 6.45) is 13.6. The summed E-state index contributed by atoms with van der Waals surface area (Å²) in [6, 6.07) is -0.192. The molecule has 0 aliphatic carbocycles. The molecule has 0 bridgehead atoms. The highest BCUT2D eigenvalue weighted by atomic mass is 79.9. The van der Waals surface area contributed by atoms with Crippen LogP contribution in [0.4, 0.5) is 4.79 Å². The van der Waals surface area contributed by atoms with Gasteiger partial charge < -0.3 is 34.0 Å². The van der Waals surface area contributed by atoms with Gasteiger partial charge in [-0.1, -0.05) is 65.2 Å². The first kappa shape index (κ1) is 25.3. The van der Waals surface area contributed by atoms with E-state index >= 15 is 0 Å². The van der Waals surface area contributed by atoms with Crippen LogP contribution in [-0.4, -0.2) is 17.5 Å². The molecule has 1 heterocycles. The number of nitrogens with two attached hydrogens (primary N) is 1. The molecule has 0 saturated carbocycles. The summed E-state index contributed by atoms with van der Waals surface area (Å²) >= 11 is 0. The minimum atomic E-state index is -0.504. The fourth-order valence-electron chi connectivity index (χ4n) is 3.17. The van der Waals surface area contributed by atoms with E-state index in [0.29, 0.717) is 0 Å². The van der Waals surface area contributed by atoms with Crippen molar-refractivity contribution in [1.29, 1.82) is 0 Å². The molecule has 3 amide bonds. The Bertz CT molecular complexity index is 325. The van der Waals surface area contributed by atoms with Gasteiger partial charge in [-0.05, 0) is 12.8 Å². The van der Waals surface area contributed by atoms with Gasteiger partial charge in [-0.25, -0.2) is 15.4 Å². The van der Waals surface area contributed by atoms with Crippen molar-refractivity contribution in [3.8, 4) is 0 Å². The van der Waals surface area contributed by atoms with Crippen molar-refractivity contribution in [1.82, 2.24) is 5.32 Å². The van der Waals surface area contributed by atoms with Gasteiger partial charge in [-0.15, -0.1) is 0 Å². The zero-order chi connectivity index (χ0) is 15.6. The highest BCUT2D eigenvalue weighted by molar-refractivity contribution is 6.00. The molecule has 0 atom stereocenters. The monoisotopic (exact) mass is 455 g/mol. The number of hydrogen-bond acceptors (Lipinski definition) is 2. The third-order valence-corrected chi connectivity index (χ3v) is 4.55. The number of unbranched alkanes of at least 4 members (excludes halogenated alkanes) is 8. The second-order valence-electron chi connectivity index (χ2n) is 6.45. The van der Waals surface area contributed by atoms with Gasteiger partial charge in [0.1, 0.15) is 0 Å². The fraction of sp³-hybridized carbons (Fsp3) is 0.882. The molecule has 1 saturated heterocycles. The van der Waals surface area contributed by atoms with Crippen molar-refractivity contribution >= 4 is 11.9 Å². The van der Waals surface area contributed by atoms with Crippen molar-refractivity contribution in [3.63, 3.8) is 0 Å². The number of imide groups is 1. The molecule has 0 radical (unpaired) electrons. The van der Waals surface area contributed by atoms with Crippen molar-refractivity contribution in [2.24, 2.45) is 0 Å². The third-order valence-electron chi connectivity index (χ3n) is 4.55. The maximum absolute atomic E-state index is 12.2. The summed E-state index contributed by atoms with van der Waals surface area (Å²) in [6.45, 7) is 4.41. The van der Waals surface area contributed by atoms with Crippen LogP contribution < -0.4 is 44.6 Å². The standard InChI is InChI=1S/C17H32N2O2.2BrH/c1-3-5-7-9-11-13-17(14-12-10-8-6-4-2)15(20)18-16(21)19-17;;/h3-14H2,1-2H3,(H2,18,19,20,21);2*1H/p-1. The summed E-state index contributed by atoms with van der Waals surface area (Å²) in [5.41, 5.74) is -0.504. The Labute approximate surface area is 162 Å². The molecule has 0 aromatic carbocycles. The number of hydrogen-bond donors (Lipinski definition) is 2. The predicted octanol–water partition coefficient (Wildman–Crippen LogP) is -2.73. The summed E-state index contributed by atoms with van der Waals surface area (Å²) in [4.78, 5) is 23.7. The van der Waals surface area contributed by atoms with E-state index in [-0.39, 0.29) is 45.9 Å². The second-order valence-corrected chi connectivity index (χ2v) is 6.45. The zero-order valence-corrected chi connectivity index (χ0v) is 17.8. The molecule has 23 heavy (non-hydrogen) atoms. The molecule has 0 unspecified atom stereocenters. The number of primary amides is 1. The molecular weight excluding hydrogens is 424 g/mol. The van der Waals surface area contributed by atoms with Gasteiger partial charge in [0.2, 0.25) is 0 Å². The fourth-order valence-corrected chi connectivity index (χ4v) is 3.17. The Morgan fingerprint density at radius 1 is 0.783 bits per heavy atom. The Morgan fingerprint density at radius 2 is 1.22 bits per heavy atom. The topological polar surface area (TPSA) is 62.8 Å². The first-order valence-corrected chi connectivity index (χ1v) is 8.86. The molecule has 0 aromatic heterocycles. The van der Waals surface area contributed by atoms with Gasteiger partial charge >= 0.3 is 6.03 Å². The smallest absolute Gasteiger partial charge is 0.420 e. The molecule has 1 aliphatic heterocycles. The summed E-state index contributed by atoms with van der Waals surface area (Å²) < 4.78 is 0. The van der Waals surface area contributed by atoms with Crippen LogP contribution in [0.1, 0.15) is 90.9 Å². The molecule has 6 heteroatoms. The van der Waals surface area contributed by atoms with Gasteiger partial charge in [0.25, 0.3) is 5.91 Å². The Balaban J connectivity index is 0. The maximum atomic E-state index is 12.2. The first-order chi connectivity index (χ1) is 10.1. The zero-order valence-electron chi connectivity index (χ0n) is 14.6. The third kappa shape index (κ3) is 9.20. The van der Waals surface area contributed by atoms with E-state index in [1.807, 2.05) is 0 Å². The summed E-state index contributed by atoms with van der Waals surface area (Å²) in [7, 11) is 0. The Kier molecular flexibility index (Phi) is 15.8. The van der Waals surface area contributed by atoms with Crippen LogP contribution in [0.2, 0.25) is 0 Å². The normalized spacial score (nSPS) is 15.7. The number of carbonyl (C=O) groups excluding carboxylic acids is 2. The average Bonchev–Trinajstić information content (AvgIpc) is 2.73. The quantitative estimate of drug-likeness (QED) is 0.247. The van der Waals surface area contributed by atoms with Crippen LogP contribution in [0, 0.1) is 0 Å². The van der Waals surface area contributed by atoms with Crippen LogP contribution >= 0.6 is 0 Å². The van der Waals surface area contributed by atoms with E-state index in [2.05, 4.69) is 19.2 Å².